The topological polar surface area (TPSA) is 98.9 Å². The molecule has 0 radical (unpaired) electrons. The number of aliphatic hydroxyl groups excluding tert-OH is 1. The quantitative estimate of drug-likeness (QED) is 0.303. The third-order valence-electron chi connectivity index (χ3n) is 7.57. The van der Waals surface area contributed by atoms with Crippen molar-refractivity contribution < 1.29 is 28.5 Å². The van der Waals surface area contributed by atoms with E-state index >= 15 is 0 Å². The van der Waals surface area contributed by atoms with Crippen LogP contribution in [0.1, 0.15) is 62.3 Å². The predicted molar refractivity (Wildman–Crippen MR) is 170 cm³/mol. The molecule has 0 fully saturated rings. The average molecular weight is 597 g/mol. The number of aliphatic hydroxyl groups is 1. The lowest BCUT2D eigenvalue weighted by Crippen LogP contribution is -2.70. The number of rotatable bonds is 11. The fraction of sp³-hybridized carbons (Fsp3) is 0.545. The van der Waals surface area contributed by atoms with Crippen LogP contribution < -0.4 is 10.4 Å². The highest BCUT2D eigenvalue weighted by atomic mass is 28.4. The van der Waals surface area contributed by atoms with Gasteiger partial charge in [-0.1, -0.05) is 95.3 Å². The van der Waals surface area contributed by atoms with Crippen LogP contribution in [0.3, 0.4) is 0 Å². The maximum absolute atomic E-state index is 13.9. The molecule has 2 aromatic carbocycles. The molecule has 42 heavy (non-hydrogen) atoms. The molecule has 0 unspecified atom stereocenters. The number of ether oxygens (including phenoxy) is 3. The first-order valence-electron chi connectivity index (χ1n) is 15.0. The summed E-state index contributed by atoms with van der Waals surface area (Å²) in [5.41, 5.74) is -2.01. The van der Waals surface area contributed by atoms with Gasteiger partial charge in [-0.15, -0.1) is 0 Å². The second-order valence-electron chi connectivity index (χ2n) is 11.9. The molecular formula is C33H48N2O6Si. The van der Waals surface area contributed by atoms with Gasteiger partial charge in [0.1, 0.15) is 12.1 Å². The summed E-state index contributed by atoms with van der Waals surface area (Å²) in [5, 5.41) is 14.0. The lowest BCUT2D eigenvalue weighted by Gasteiger charge is -2.47. The maximum atomic E-state index is 13.9. The summed E-state index contributed by atoms with van der Waals surface area (Å²) in [7, 11) is -3.10. The number of benzene rings is 2. The first-order valence-corrected chi connectivity index (χ1v) is 16.9. The van der Waals surface area contributed by atoms with E-state index in [0.717, 1.165) is 10.4 Å². The molecule has 0 aromatic heterocycles. The molecule has 9 heteroatoms. The van der Waals surface area contributed by atoms with Crippen LogP contribution in [0.4, 0.5) is 0 Å². The maximum Gasteiger partial charge on any atom is 0.346 e. The Kier molecular flexibility index (Phi) is 11.1. The highest BCUT2D eigenvalue weighted by molar-refractivity contribution is 6.99. The van der Waals surface area contributed by atoms with Crippen molar-refractivity contribution in [2.45, 2.75) is 91.1 Å². The van der Waals surface area contributed by atoms with Crippen LogP contribution >= 0.6 is 0 Å². The first-order chi connectivity index (χ1) is 19.9. The number of carbonyl (C=O) groups excluding carboxylic acids is 1. The van der Waals surface area contributed by atoms with Crippen molar-refractivity contribution in [3.63, 3.8) is 0 Å². The lowest BCUT2D eigenvalue weighted by molar-refractivity contribution is -0.153. The summed E-state index contributed by atoms with van der Waals surface area (Å²) in [4.78, 5) is 23.6. The Labute approximate surface area is 252 Å². The van der Waals surface area contributed by atoms with Crippen LogP contribution in [-0.4, -0.2) is 74.8 Å². The Balaban J connectivity index is 2.26. The van der Waals surface area contributed by atoms with Crippen molar-refractivity contribution >= 4 is 36.5 Å². The van der Waals surface area contributed by atoms with Crippen molar-refractivity contribution in [3.8, 4) is 0 Å². The molecule has 0 aliphatic carbocycles. The minimum absolute atomic E-state index is 0.00822. The molecule has 3 rings (SSSR count). The number of carbonyl (C=O) groups is 1. The molecule has 0 spiro atoms. The standard InChI is InChI=1S/C33H48N2O6Si/c1-10-38-29-27(23(4)5)34-30(39-11-2)33(35-29,31(37)40-12-3)28(36)24(6)41-42(32(7,8)9,25-19-15-13-16-20-25)26-21-17-14-18-22-26/h13-24,27-28,36H,10-12H2,1-9H3/t24-,27-,28-,33+/m1/s1. The van der Waals surface area contributed by atoms with Crippen molar-refractivity contribution in [2.75, 3.05) is 19.8 Å². The normalized spacial score (nSPS) is 20.8. The van der Waals surface area contributed by atoms with E-state index in [1.165, 1.54) is 0 Å². The smallest absolute Gasteiger partial charge is 0.346 e. The van der Waals surface area contributed by atoms with Crippen LogP contribution in [0.5, 0.6) is 0 Å². The highest BCUT2D eigenvalue weighted by Gasteiger charge is 2.60. The fourth-order valence-electron chi connectivity index (χ4n) is 5.61. The summed E-state index contributed by atoms with van der Waals surface area (Å²) in [6.45, 7) is 18.2. The van der Waals surface area contributed by atoms with E-state index in [-0.39, 0.29) is 36.0 Å². The summed E-state index contributed by atoms with van der Waals surface area (Å²) < 4.78 is 24.7. The molecule has 230 valence electrons. The van der Waals surface area contributed by atoms with Crippen LogP contribution in [0, 0.1) is 5.92 Å². The molecular weight excluding hydrogens is 548 g/mol. The van der Waals surface area contributed by atoms with E-state index in [0.29, 0.717) is 6.61 Å². The molecule has 1 aliphatic rings. The van der Waals surface area contributed by atoms with Gasteiger partial charge in [-0.3, -0.25) is 0 Å². The van der Waals surface area contributed by atoms with Crippen LogP contribution in [0.15, 0.2) is 70.6 Å². The summed E-state index contributed by atoms with van der Waals surface area (Å²) >= 11 is 0. The zero-order valence-electron chi connectivity index (χ0n) is 26.6. The number of nitrogens with zero attached hydrogens (tertiary/aromatic N) is 2. The first kappa shape index (κ1) is 33.5. The summed E-state index contributed by atoms with van der Waals surface area (Å²) in [6, 6.07) is 19.8. The number of esters is 1. The van der Waals surface area contributed by atoms with Gasteiger partial charge in [-0.2, -0.15) is 0 Å². The van der Waals surface area contributed by atoms with E-state index in [1.54, 1.807) is 20.8 Å². The Morgan fingerprint density at radius 3 is 1.86 bits per heavy atom. The summed E-state index contributed by atoms with van der Waals surface area (Å²) in [5.74, 6) is -0.479. The second kappa shape index (κ2) is 14.0. The van der Waals surface area contributed by atoms with E-state index in [1.807, 2.05) is 57.2 Å². The van der Waals surface area contributed by atoms with Crippen LogP contribution in [0.25, 0.3) is 0 Å². The van der Waals surface area contributed by atoms with Crippen LogP contribution in [0.2, 0.25) is 5.04 Å². The monoisotopic (exact) mass is 596 g/mol. The van der Waals surface area contributed by atoms with Crippen molar-refractivity contribution in [2.24, 2.45) is 15.9 Å². The molecule has 8 nitrogen and oxygen atoms in total. The van der Waals surface area contributed by atoms with E-state index < -0.39 is 38.1 Å². The zero-order chi connectivity index (χ0) is 31.1. The Morgan fingerprint density at radius 1 is 0.905 bits per heavy atom. The minimum Gasteiger partial charge on any atom is -0.480 e. The van der Waals surface area contributed by atoms with Gasteiger partial charge in [0.15, 0.2) is 0 Å². The second-order valence-corrected chi connectivity index (χ2v) is 16.1. The van der Waals surface area contributed by atoms with Crippen LogP contribution in [-0.2, 0) is 23.4 Å². The van der Waals surface area contributed by atoms with Crippen molar-refractivity contribution in [1.82, 2.24) is 0 Å². The van der Waals surface area contributed by atoms with E-state index in [4.69, 9.17) is 28.6 Å². The Morgan fingerprint density at radius 2 is 1.43 bits per heavy atom. The number of aliphatic imine (C=N–C) groups is 2. The number of hydrogen-bond acceptors (Lipinski definition) is 8. The van der Waals surface area contributed by atoms with Gasteiger partial charge in [0, 0.05) is 0 Å². The molecule has 0 amide bonds. The van der Waals surface area contributed by atoms with Gasteiger partial charge >= 0.3 is 5.97 Å². The largest absolute Gasteiger partial charge is 0.480 e. The number of hydrogen-bond donors (Lipinski definition) is 1. The molecule has 1 heterocycles. The highest BCUT2D eigenvalue weighted by Crippen LogP contribution is 2.39. The van der Waals surface area contributed by atoms with Gasteiger partial charge in [0.25, 0.3) is 13.9 Å². The molecule has 1 aliphatic heterocycles. The molecule has 0 saturated carbocycles. The minimum atomic E-state index is -3.10. The third-order valence-corrected chi connectivity index (χ3v) is 12.7. The van der Waals surface area contributed by atoms with Gasteiger partial charge < -0.3 is 23.7 Å². The van der Waals surface area contributed by atoms with Gasteiger partial charge in [-0.05, 0) is 49.0 Å². The molecule has 0 saturated heterocycles. The summed E-state index contributed by atoms with van der Waals surface area (Å²) in [6.07, 6.45) is -2.40. The molecule has 2 aromatic rings. The predicted octanol–water partition coefficient (Wildman–Crippen LogP) is 4.52. The van der Waals surface area contributed by atoms with Gasteiger partial charge in [0.2, 0.25) is 11.8 Å². The molecule has 0 bridgehead atoms. The van der Waals surface area contributed by atoms with Gasteiger partial charge in [0.05, 0.1) is 25.9 Å². The lowest BCUT2D eigenvalue weighted by atomic mass is 9.86. The van der Waals surface area contributed by atoms with E-state index in [2.05, 4.69) is 45.0 Å². The Hall–Kier alpha value is -3.01. The third kappa shape index (κ3) is 6.33. The fourth-order valence-corrected chi connectivity index (χ4v) is 10.3. The van der Waals surface area contributed by atoms with Gasteiger partial charge in [-0.25, -0.2) is 14.8 Å². The van der Waals surface area contributed by atoms with Crippen molar-refractivity contribution in [1.29, 1.82) is 0 Å². The Bertz CT molecular complexity index is 1190. The molecule has 4 atom stereocenters. The van der Waals surface area contributed by atoms with E-state index in [9.17, 15) is 9.90 Å². The molecule has 1 N–H and O–H groups in total. The van der Waals surface area contributed by atoms with Crippen molar-refractivity contribution in [3.05, 3.63) is 60.7 Å². The SMILES string of the molecule is CCOC(=O)[C@@]1([C@H](O)[C@@H](C)O[Si](c2ccccc2)(c2ccccc2)C(C)(C)C)N=C(OCC)[C@@H](C(C)C)N=C1OCC. The zero-order valence-corrected chi connectivity index (χ0v) is 27.6. The average Bonchev–Trinajstić information content (AvgIpc) is 2.96.